The van der Waals surface area contributed by atoms with Crippen LogP contribution in [0.15, 0.2) is 24.3 Å². The highest BCUT2D eigenvalue weighted by Crippen LogP contribution is 2.27. The number of rotatable bonds is 5. The van der Waals surface area contributed by atoms with E-state index in [1.807, 2.05) is 0 Å². The highest BCUT2D eigenvalue weighted by molar-refractivity contribution is 6.58. The lowest BCUT2D eigenvalue weighted by Crippen LogP contribution is -2.40. The van der Waals surface area contributed by atoms with Crippen LogP contribution < -0.4 is 10.2 Å². The van der Waals surface area contributed by atoms with E-state index in [4.69, 9.17) is 14.8 Å². The Labute approximate surface area is 115 Å². The maximum atomic E-state index is 9.00. The quantitative estimate of drug-likeness (QED) is 0.765. The average Bonchev–Trinajstić information content (AvgIpc) is 2.69. The third-order valence-corrected chi connectivity index (χ3v) is 3.88. The van der Waals surface area contributed by atoms with Crippen LogP contribution in [-0.4, -0.2) is 47.3 Å². The second-order valence-corrected chi connectivity index (χ2v) is 5.69. The van der Waals surface area contributed by atoms with Gasteiger partial charge in [0.05, 0.1) is 0 Å². The number of likely N-dealkylation sites (tertiary alicyclic amines) is 1. The van der Waals surface area contributed by atoms with Crippen molar-refractivity contribution in [3.63, 3.8) is 0 Å². The predicted octanol–water partition coefficient (Wildman–Crippen LogP) is 0.620. The van der Waals surface area contributed by atoms with E-state index in [2.05, 4.69) is 18.7 Å². The van der Waals surface area contributed by atoms with Gasteiger partial charge in [0, 0.05) is 12.1 Å². The molecule has 19 heavy (non-hydrogen) atoms. The molecule has 5 heteroatoms. The third-order valence-electron chi connectivity index (χ3n) is 3.88. The van der Waals surface area contributed by atoms with Gasteiger partial charge in [-0.25, -0.2) is 0 Å². The number of benzene rings is 1. The summed E-state index contributed by atoms with van der Waals surface area (Å²) in [4.78, 5) is 2.46. The first-order valence-electron chi connectivity index (χ1n) is 6.83. The van der Waals surface area contributed by atoms with Crippen molar-refractivity contribution in [2.75, 3.05) is 19.7 Å². The van der Waals surface area contributed by atoms with Crippen LogP contribution in [0.25, 0.3) is 0 Å². The molecule has 1 aromatic carbocycles. The van der Waals surface area contributed by atoms with E-state index < -0.39 is 7.12 Å². The second-order valence-electron chi connectivity index (χ2n) is 5.69. The van der Waals surface area contributed by atoms with Crippen LogP contribution in [0.2, 0.25) is 0 Å². The highest BCUT2D eigenvalue weighted by atomic mass is 16.5. The molecule has 0 aliphatic carbocycles. The Morgan fingerprint density at radius 1 is 1.26 bits per heavy atom. The number of ether oxygens (including phenoxy) is 1. The molecule has 0 aromatic heterocycles. The molecular weight excluding hydrogens is 241 g/mol. The van der Waals surface area contributed by atoms with Crippen molar-refractivity contribution in [3.8, 4) is 5.75 Å². The third kappa shape index (κ3) is 3.72. The maximum Gasteiger partial charge on any atom is 0.488 e. The van der Waals surface area contributed by atoms with Gasteiger partial charge in [0.1, 0.15) is 12.4 Å². The first-order valence-corrected chi connectivity index (χ1v) is 6.83. The highest BCUT2D eigenvalue weighted by Gasteiger charge is 2.31. The molecule has 0 atom stereocenters. The molecule has 1 aliphatic heterocycles. The van der Waals surface area contributed by atoms with Gasteiger partial charge in [0.15, 0.2) is 0 Å². The van der Waals surface area contributed by atoms with E-state index in [-0.39, 0.29) is 5.54 Å². The minimum atomic E-state index is -1.42. The molecule has 0 unspecified atom stereocenters. The normalized spacial score (nSPS) is 18.5. The van der Waals surface area contributed by atoms with E-state index in [1.54, 1.807) is 24.3 Å². The summed E-state index contributed by atoms with van der Waals surface area (Å²) in [5.74, 6) is 0.765. The van der Waals surface area contributed by atoms with Crippen LogP contribution in [0.4, 0.5) is 0 Å². The SMILES string of the molecule is CC1(C)CCCN1CCOc1ccc(B(O)O)cc1. The van der Waals surface area contributed by atoms with Crippen LogP contribution >= 0.6 is 0 Å². The Balaban J connectivity index is 1.79. The molecule has 0 amide bonds. The molecule has 2 N–H and O–H groups in total. The summed E-state index contributed by atoms with van der Waals surface area (Å²) in [6.07, 6.45) is 2.51. The zero-order valence-electron chi connectivity index (χ0n) is 11.7. The van der Waals surface area contributed by atoms with Gasteiger partial charge < -0.3 is 14.8 Å². The van der Waals surface area contributed by atoms with Gasteiger partial charge in [-0.2, -0.15) is 0 Å². The first-order chi connectivity index (χ1) is 8.99. The minimum Gasteiger partial charge on any atom is -0.492 e. The summed E-state index contributed by atoms with van der Waals surface area (Å²) >= 11 is 0. The van der Waals surface area contributed by atoms with Crippen LogP contribution in [-0.2, 0) is 0 Å². The zero-order valence-corrected chi connectivity index (χ0v) is 11.7. The number of hydrogen-bond acceptors (Lipinski definition) is 4. The number of hydrogen-bond donors (Lipinski definition) is 2. The summed E-state index contributed by atoms with van der Waals surface area (Å²) in [6.45, 7) is 7.28. The molecule has 2 rings (SSSR count). The summed E-state index contributed by atoms with van der Waals surface area (Å²) in [6, 6.07) is 6.87. The van der Waals surface area contributed by atoms with Gasteiger partial charge in [0.25, 0.3) is 0 Å². The van der Waals surface area contributed by atoms with Gasteiger partial charge in [-0.1, -0.05) is 12.1 Å². The largest absolute Gasteiger partial charge is 0.492 e. The summed E-state index contributed by atoms with van der Waals surface area (Å²) in [7, 11) is -1.42. The van der Waals surface area contributed by atoms with Gasteiger partial charge in [0.2, 0.25) is 0 Å². The predicted molar refractivity (Wildman–Crippen MR) is 76.6 cm³/mol. The minimum absolute atomic E-state index is 0.286. The summed E-state index contributed by atoms with van der Waals surface area (Å²) in [5.41, 5.74) is 0.766. The maximum absolute atomic E-state index is 9.00. The van der Waals surface area contributed by atoms with Crippen LogP contribution in [0.3, 0.4) is 0 Å². The fraction of sp³-hybridized carbons (Fsp3) is 0.571. The van der Waals surface area contributed by atoms with Crippen LogP contribution in [0.1, 0.15) is 26.7 Å². The lowest BCUT2D eigenvalue weighted by atomic mass is 9.80. The molecule has 0 bridgehead atoms. The Hall–Kier alpha value is -1.04. The van der Waals surface area contributed by atoms with E-state index in [0.29, 0.717) is 12.1 Å². The molecular formula is C14H22BNO3. The Morgan fingerprint density at radius 2 is 1.95 bits per heavy atom. The van der Waals surface area contributed by atoms with Crippen molar-refractivity contribution in [3.05, 3.63) is 24.3 Å². The van der Waals surface area contributed by atoms with Crippen molar-refractivity contribution < 1.29 is 14.8 Å². The van der Waals surface area contributed by atoms with Crippen molar-refractivity contribution in [2.45, 2.75) is 32.2 Å². The van der Waals surface area contributed by atoms with Crippen molar-refractivity contribution in [1.29, 1.82) is 0 Å². The molecule has 1 saturated heterocycles. The van der Waals surface area contributed by atoms with E-state index in [1.165, 1.54) is 12.8 Å². The lowest BCUT2D eigenvalue weighted by Gasteiger charge is -2.31. The lowest BCUT2D eigenvalue weighted by molar-refractivity contribution is 0.143. The fourth-order valence-corrected chi connectivity index (χ4v) is 2.59. The fourth-order valence-electron chi connectivity index (χ4n) is 2.59. The molecule has 0 spiro atoms. The van der Waals surface area contributed by atoms with Crippen LogP contribution in [0.5, 0.6) is 5.75 Å². The standard InChI is InChI=1S/C14H22BNO3/c1-14(2)8-3-9-16(14)10-11-19-13-6-4-12(5-7-13)15(17)18/h4-7,17-18H,3,8-11H2,1-2H3. The Bertz CT molecular complexity index is 406. The summed E-state index contributed by atoms with van der Waals surface area (Å²) in [5, 5.41) is 18.0. The van der Waals surface area contributed by atoms with Crippen LogP contribution in [0, 0.1) is 0 Å². The monoisotopic (exact) mass is 263 g/mol. The first kappa shape index (κ1) is 14.4. The summed E-state index contributed by atoms with van der Waals surface area (Å²) < 4.78 is 5.69. The molecule has 1 aliphatic rings. The van der Waals surface area contributed by atoms with E-state index in [9.17, 15) is 0 Å². The Kier molecular flexibility index (Phi) is 4.50. The molecule has 1 aromatic rings. The average molecular weight is 263 g/mol. The van der Waals surface area contributed by atoms with Gasteiger partial charge in [-0.3, -0.25) is 4.90 Å². The zero-order chi connectivity index (χ0) is 13.9. The molecule has 104 valence electrons. The Morgan fingerprint density at radius 3 is 2.47 bits per heavy atom. The second kappa shape index (κ2) is 5.95. The van der Waals surface area contributed by atoms with Crippen molar-refractivity contribution >= 4 is 12.6 Å². The van der Waals surface area contributed by atoms with Gasteiger partial charge in [-0.15, -0.1) is 0 Å². The van der Waals surface area contributed by atoms with E-state index in [0.717, 1.165) is 18.8 Å². The van der Waals surface area contributed by atoms with E-state index >= 15 is 0 Å². The molecule has 0 saturated carbocycles. The van der Waals surface area contributed by atoms with Crippen molar-refractivity contribution in [1.82, 2.24) is 4.90 Å². The molecule has 0 radical (unpaired) electrons. The number of nitrogens with zero attached hydrogens (tertiary/aromatic N) is 1. The van der Waals surface area contributed by atoms with Gasteiger partial charge >= 0.3 is 7.12 Å². The van der Waals surface area contributed by atoms with Gasteiger partial charge in [-0.05, 0) is 50.8 Å². The molecule has 1 fully saturated rings. The van der Waals surface area contributed by atoms with Crippen molar-refractivity contribution in [2.24, 2.45) is 0 Å². The molecule has 1 heterocycles. The molecule has 4 nitrogen and oxygen atoms in total. The topological polar surface area (TPSA) is 52.9 Å². The smallest absolute Gasteiger partial charge is 0.488 e.